The van der Waals surface area contributed by atoms with Crippen LogP contribution in [-0.2, 0) is 34.4 Å². The zero-order chi connectivity index (χ0) is 25.8. The Bertz CT molecular complexity index is 1200. The van der Waals surface area contributed by atoms with Crippen molar-refractivity contribution in [3.8, 4) is 0 Å². The molecule has 18 heteroatoms. The first-order valence-corrected chi connectivity index (χ1v) is 12.1. The highest BCUT2D eigenvalue weighted by Gasteiger charge is 2.54. The number of aliphatic carboxylic acids is 1. The Morgan fingerprint density at radius 3 is 2.50 bits per heavy atom. The number of carbonyl (C=O) groups excluding carboxylic acids is 3. The van der Waals surface area contributed by atoms with Gasteiger partial charge in [-0.15, -0.1) is 23.1 Å². The van der Waals surface area contributed by atoms with Crippen molar-refractivity contribution in [2.45, 2.75) is 18.3 Å². The van der Waals surface area contributed by atoms with Gasteiger partial charge in [0, 0.05) is 18.1 Å². The van der Waals surface area contributed by atoms with Gasteiger partial charge in [-0.3, -0.25) is 23.6 Å². The third-order valence-corrected chi connectivity index (χ3v) is 5.95. The van der Waals surface area contributed by atoms with Crippen LogP contribution in [0.15, 0.2) is 34.5 Å². The highest BCUT2D eigenvalue weighted by atomic mass is 32.3. The summed E-state index contributed by atoms with van der Waals surface area (Å²) in [6, 6.07) is -0.980. The van der Waals surface area contributed by atoms with E-state index in [1.165, 1.54) is 23.2 Å². The Labute approximate surface area is 199 Å². The number of thiazole rings is 1. The van der Waals surface area contributed by atoms with Crippen LogP contribution >= 0.6 is 23.1 Å². The largest absolute Gasteiger partial charge is 0.477 e. The van der Waals surface area contributed by atoms with Crippen molar-refractivity contribution in [3.05, 3.63) is 35.0 Å². The molecule has 1 fully saturated rings. The van der Waals surface area contributed by atoms with E-state index in [-0.39, 0.29) is 22.2 Å². The fourth-order valence-electron chi connectivity index (χ4n) is 2.72. The minimum Gasteiger partial charge on any atom is -0.477 e. The molecule has 34 heavy (non-hydrogen) atoms. The molecule has 2 atom stereocenters. The van der Waals surface area contributed by atoms with Crippen molar-refractivity contribution in [1.82, 2.24) is 15.2 Å². The minimum absolute atomic E-state index is 0.0752. The summed E-state index contributed by atoms with van der Waals surface area (Å²) in [5, 5.41) is 16.5. The summed E-state index contributed by atoms with van der Waals surface area (Å²) < 4.78 is 31.6. The second-order valence-corrected chi connectivity index (χ2v) is 9.18. The van der Waals surface area contributed by atoms with Gasteiger partial charge >= 0.3 is 22.3 Å². The number of nitrogens with one attached hydrogen (secondary N) is 1. The van der Waals surface area contributed by atoms with E-state index in [9.17, 15) is 24.3 Å². The molecule has 0 aliphatic carbocycles. The quantitative estimate of drug-likeness (QED) is 0.0993. The molecule has 0 unspecified atom stereocenters. The van der Waals surface area contributed by atoms with Gasteiger partial charge in [0.15, 0.2) is 10.8 Å². The van der Waals surface area contributed by atoms with Crippen LogP contribution in [0.3, 0.4) is 0 Å². The summed E-state index contributed by atoms with van der Waals surface area (Å²) in [6.07, 6.45) is 1.39. The lowest BCUT2D eigenvalue weighted by atomic mass is 10.0. The average Bonchev–Trinajstić information content (AvgIpc) is 3.15. The molecule has 3 rings (SSSR count). The van der Waals surface area contributed by atoms with Crippen LogP contribution in [0.5, 0.6) is 0 Å². The van der Waals surface area contributed by atoms with E-state index >= 15 is 0 Å². The number of anilines is 1. The molecule has 2 amide bonds. The number of carboxylic acid groups (broad SMARTS) is 1. The zero-order valence-corrected chi connectivity index (χ0v) is 19.5. The number of nitrogen functional groups attached to an aromatic ring is 1. The Kier molecular flexibility index (Phi) is 8.51. The molecule has 3 heterocycles. The number of rotatable bonds is 6. The molecular formula is C16H17N5O10S3. The number of allylic oxidation sites excluding steroid dienone is 1. The number of fused-ring (bicyclic) bond motifs is 1. The molecule has 6 N–H and O–H groups in total. The maximum absolute atomic E-state index is 12.7. The SMILES string of the molecule is C=CC1=C(C(=O)O)N2C(=O)[C@@H](NC(=O)/C(=N/OC(C)=O)c3csc(N)n3)[C@H]2SC1.O=S(=O)(O)O. The van der Waals surface area contributed by atoms with Gasteiger partial charge in [-0.05, 0) is 5.57 Å². The van der Waals surface area contributed by atoms with Crippen LogP contribution in [-0.4, -0.2) is 79.1 Å². The molecular weight excluding hydrogens is 518 g/mol. The van der Waals surface area contributed by atoms with Gasteiger partial charge in [-0.25, -0.2) is 14.6 Å². The fraction of sp³-hybridized carbons (Fsp3) is 0.250. The van der Waals surface area contributed by atoms with E-state index in [1.807, 2.05) is 0 Å². The maximum Gasteiger partial charge on any atom is 0.394 e. The molecule has 2 aliphatic rings. The molecule has 0 saturated carbocycles. The summed E-state index contributed by atoms with van der Waals surface area (Å²) in [5.41, 5.74) is 5.58. The number of nitrogens with zero attached hydrogens (tertiary/aromatic N) is 3. The third kappa shape index (κ3) is 6.60. The second-order valence-electron chi connectivity index (χ2n) is 6.29. The topological polar surface area (TPSA) is 239 Å². The Morgan fingerprint density at radius 2 is 2.03 bits per heavy atom. The first-order valence-electron chi connectivity index (χ1n) is 8.75. The predicted octanol–water partition coefficient (Wildman–Crippen LogP) is -0.736. The number of carboxylic acids is 1. The third-order valence-electron chi connectivity index (χ3n) is 3.98. The highest BCUT2D eigenvalue weighted by molar-refractivity contribution is 8.00. The molecule has 0 aromatic carbocycles. The number of hydrogen-bond donors (Lipinski definition) is 5. The first kappa shape index (κ1) is 26.9. The van der Waals surface area contributed by atoms with Crippen LogP contribution in [0.25, 0.3) is 0 Å². The number of carbonyl (C=O) groups is 4. The average molecular weight is 536 g/mol. The van der Waals surface area contributed by atoms with Gasteiger partial charge in [0.25, 0.3) is 11.8 Å². The maximum atomic E-state index is 12.7. The van der Waals surface area contributed by atoms with Gasteiger partial charge in [-0.2, -0.15) is 8.42 Å². The first-order chi connectivity index (χ1) is 15.7. The van der Waals surface area contributed by atoms with Crippen molar-refractivity contribution in [2.75, 3.05) is 11.5 Å². The van der Waals surface area contributed by atoms with E-state index in [2.05, 4.69) is 26.9 Å². The van der Waals surface area contributed by atoms with Gasteiger partial charge in [0.05, 0.1) is 0 Å². The highest BCUT2D eigenvalue weighted by Crippen LogP contribution is 2.40. The molecule has 1 aromatic rings. The number of hydrogen-bond acceptors (Lipinski definition) is 12. The Hall–Kier alpha value is -3.32. The molecule has 0 spiro atoms. The number of oxime groups is 1. The summed E-state index contributed by atoms with van der Waals surface area (Å²) >= 11 is 2.34. The van der Waals surface area contributed by atoms with Crippen molar-refractivity contribution < 1.29 is 46.6 Å². The predicted molar refractivity (Wildman–Crippen MR) is 119 cm³/mol. The lowest BCUT2D eigenvalue weighted by Gasteiger charge is -2.49. The van der Waals surface area contributed by atoms with E-state index in [0.29, 0.717) is 11.3 Å². The van der Waals surface area contributed by atoms with Crippen molar-refractivity contribution in [2.24, 2.45) is 5.16 Å². The van der Waals surface area contributed by atoms with Crippen LogP contribution < -0.4 is 11.1 Å². The summed E-state index contributed by atoms with van der Waals surface area (Å²) in [5.74, 6) is -3.08. The summed E-state index contributed by atoms with van der Waals surface area (Å²) in [7, 11) is -4.67. The van der Waals surface area contributed by atoms with Crippen molar-refractivity contribution in [1.29, 1.82) is 0 Å². The molecule has 15 nitrogen and oxygen atoms in total. The second kappa shape index (κ2) is 10.7. The Balaban J connectivity index is 0.000000739. The lowest BCUT2D eigenvalue weighted by Crippen LogP contribution is -2.71. The minimum atomic E-state index is -4.67. The van der Waals surface area contributed by atoms with Gasteiger partial charge in [0.1, 0.15) is 22.8 Å². The molecule has 184 valence electrons. The molecule has 1 saturated heterocycles. The van der Waals surface area contributed by atoms with Crippen molar-refractivity contribution >= 4 is 68.1 Å². The molecule has 1 aromatic heterocycles. The van der Waals surface area contributed by atoms with E-state index in [0.717, 1.165) is 23.2 Å². The van der Waals surface area contributed by atoms with Crippen LogP contribution in [0, 0.1) is 0 Å². The smallest absolute Gasteiger partial charge is 0.394 e. The number of nitrogens with two attached hydrogens (primary N) is 1. The van der Waals surface area contributed by atoms with E-state index < -0.39 is 45.6 Å². The van der Waals surface area contributed by atoms with Gasteiger partial charge in [0.2, 0.25) is 0 Å². The summed E-state index contributed by atoms with van der Waals surface area (Å²) in [4.78, 5) is 57.4. The number of aromatic nitrogens is 1. The molecule has 2 aliphatic heterocycles. The lowest BCUT2D eigenvalue weighted by molar-refractivity contribution is -0.150. The van der Waals surface area contributed by atoms with Crippen LogP contribution in [0.1, 0.15) is 12.6 Å². The number of amides is 2. The fourth-order valence-corrected chi connectivity index (χ4v) is 4.61. The zero-order valence-electron chi connectivity index (χ0n) is 17.1. The number of thioether (sulfide) groups is 1. The van der Waals surface area contributed by atoms with Crippen LogP contribution in [0.4, 0.5) is 5.13 Å². The number of β-lactam (4-membered cyclic amide) rings is 1. The molecule has 0 radical (unpaired) electrons. The summed E-state index contributed by atoms with van der Waals surface area (Å²) in [6.45, 7) is 4.68. The van der Waals surface area contributed by atoms with Crippen LogP contribution in [0.2, 0.25) is 0 Å². The molecule has 0 bridgehead atoms. The van der Waals surface area contributed by atoms with E-state index in [4.69, 9.17) is 23.3 Å². The van der Waals surface area contributed by atoms with Gasteiger partial charge in [-0.1, -0.05) is 17.8 Å². The van der Waals surface area contributed by atoms with E-state index in [1.54, 1.807) is 0 Å². The standard InChI is InChI=1S/C16H15N5O6S2.H2O4S/c1-3-7-4-28-14-10(13(24)21(14)11(7)15(25)26)19-12(23)9(20-27-6(2)22)8-5-29-16(17)18-8;1-5(2,3)4/h3,5,10,14H,1,4H2,2H3,(H2,17,18)(H,19,23)(H,25,26);(H2,1,2,3,4)/b20-9+;/t10-,14-;/m1./s1. The Morgan fingerprint density at radius 1 is 1.41 bits per heavy atom. The van der Waals surface area contributed by atoms with Crippen molar-refractivity contribution in [3.63, 3.8) is 0 Å². The van der Waals surface area contributed by atoms with Gasteiger partial charge < -0.3 is 21.0 Å². The monoisotopic (exact) mass is 535 g/mol. The normalized spacial score (nSPS) is 19.8.